The first-order chi connectivity index (χ1) is 7.73. The minimum atomic E-state index is 0.0525. The Hall–Kier alpha value is 0.00208. The zero-order valence-electron chi connectivity index (χ0n) is 11.7. The zero-order chi connectivity index (χ0) is 13.3. The summed E-state index contributed by atoms with van der Waals surface area (Å²) >= 11 is 0.660. The normalized spacial score (nSPS) is 31.6. The number of hydrogen-bond donors (Lipinski definition) is 1. The monoisotopic (exact) mass is 426 g/mol. The van der Waals surface area contributed by atoms with Crippen molar-refractivity contribution in [3.8, 4) is 0 Å². The quantitative estimate of drug-likeness (QED) is 0.544. The first-order valence-corrected chi connectivity index (χ1v) is 9.06. The maximum atomic E-state index is 7.70. The number of nitrogens with one attached hydrogen (secondary N) is 1. The fraction of sp³-hybridized carbons (Fsp3) is 0.714. The molecule has 0 aliphatic heterocycles. The molecule has 0 aromatic rings. The maximum absolute atomic E-state index is 7.70. The van der Waals surface area contributed by atoms with Gasteiger partial charge in [-0.15, -0.1) is 0 Å². The molecule has 2 nitrogen and oxygen atoms in total. The number of rotatable bonds is 4. The average molecular weight is 426 g/mol. The summed E-state index contributed by atoms with van der Waals surface area (Å²) in [5.41, 5.74) is 0.372. The second-order valence-corrected chi connectivity index (χ2v) is 10.5. The summed E-state index contributed by atoms with van der Waals surface area (Å²) in [5, 5.41) is 7.70. The van der Waals surface area contributed by atoms with E-state index in [0.29, 0.717) is 36.7 Å². The van der Waals surface area contributed by atoms with Crippen molar-refractivity contribution in [3.05, 3.63) is 12.8 Å². The number of nitrogens with zero attached hydrogens (tertiary/aromatic N) is 1. The van der Waals surface area contributed by atoms with Crippen LogP contribution >= 0.6 is 0 Å². The van der Waals surface area contributed by atoms with Crippen LogP contribution in [0.25, 0.3) is 0 Å². The summed E-state index contributed by atoms with van der Waals surface area (Å²) in [5.74, 6) is 0. The van der Waals surface area contributed by atoms with E-state index in [4.69, 9.17) is 5.41 Å². The molecule has 0 aromatic heterocycles. The van der Waals surface area contributed by atoms with Gasteiger partial charge in [0.05, 0.1) is 0 Å². The van der Waals surface area contributed by atoms with Gasteiger partial charge in [-0.25, -0.2) is 0 Å². The third-order valence-electron chi connectivity index (χ3n) is 3.75. The Balaban J connectivity index is 2.97. The molecule has 0 heterocycles. The van der Waals surface area contributed by atoms with Crippen LogP contribution in [-0.4, -0.2) is 45.6 Å². The van der Waals surface area contributed by atoms with Crippen LogP contribution in [-0.2, 0) is 0 Å². The van der Waals surface area contributed by atoms with Crippen LogP contribution in [0.1, 0.15) is 47.0 Å². The van der Waals surface area contributed by atoms with E-state index in [1.54, 1.807) is 6.21 Å². The molecule has 0 radical (unpaired) electrons. The topological polar surface area (TPSA) is 27.1 Å². The first kappa shape index (κ1) is 15.1. The van der Waals surface area contributed by atoms with Gasteiger partial charge in [0.25, 0.3) is 0 Å². The molecule has 1 rings (SSSR count). The van der Waals surface area contributed by atoms with Gasteiger partial charge in [0, 0.05) is 0 Å². The summed E-state index contributed by atoms with van der Waals surface area (Å²) in [6, 6.07) is 0.528. The SMILES string of the molecule is C=CN([C](C)=[TlH])C1CC(C)(C)CC(C)(C=N)C1. The summed E-state index contributed by atoms with van der Waals surface area (Å²) in [6.45, 7) is 13.1. The fourth-order valence-corrected chi connectivity index (χ4v) is 4.91. The van der Waals surface area contributed by atoms with Gasteiger partial charge in [-0.05, 0) is 0 Å². The van der Waals surface area contributed by atoms with Gasteiger partial charge in [0.15, 0.2) is 0 Å². The molecule has 1 N–H and O–H groups in total. The van der Waals surface area contributed by atoms with Crippen LogP contribution < -0.4 is 0 Å². The van der Waals surface area contributed by atoms with E-state index < -0.39 is 0 Å². The molecule has 2 atom stereocenters. The summed E-state index contributed by atoms with van der Waals surface area (Å²) in [4.78, 5) is 2.37. The minimum absolute atomic E-state index is 0.0525. The van der Waals surface area contributed by atoms with Crippen molar-refractivity contribution >= 4 is 34.7 Å². The third-order valence-corrected chi connectivity index (χ3v) is 5.17. The van der Waals surface area contributed by atoms with Crippen LogP contribution in [0, 0.1) is 16.2 Å². The molecule has 0 aromatic carbocycles. The Kier molecular flexibility index (Phi) is 4.72. The third kappa shape index (κ3) is 3.73. The Morgan fingerprint density at radius 2 is 2.00 bits per heavy atom. The molecule has 3 heteroatoms. The van der Waals surface area contributed by atoms with Gasteiger partial charge in [0.2, 0.25) is 0 Å². The predicted molar refractivity (Wildman–Crippen MR) is 78.2 cm³/mol. The summed E-state index contributed by atoms with van der Waals surface area (Å²) in [7, 11) is 0. The molecule has 94 valence electrons. The van der Waals surface area contributed by atoms with Crippen molar-refractivity contribution in [1.82, 2.24) is 4.90 Å². The van der Waals surface area contributed by atoms with Gasteiger partial charge < -0.3 is 0 Å². The second-order valence-electron chi connectivity index (χ2n) is 6.53. The molecule has 1 aliphatic carbocycles. The summed E-state index contributed by atoms with van der Waals surface area (Å²) < 4.78 is 1.48. The van der Waals surface area contributed by atoms with E-state index in [0.717, 1.165) is 12.8 Å². The van der Waals surface area contributed by atoms with Crippen molar-refractivity contribution in [2.45, 2.75) is 53.0 Å². The fourth-order valence-electron chi connectivity index (χ4n) is 3.41. The van der Waals surface area contributed by atoms with Gasteiger partial charge >= 0.3 is 122 Å². The van der Waals surface area contributed by atoms with Crippen molar-refractivity contribution in [3.63, 3.8) is 0 Å². The van der Waals surface area contributed by atoms with Crippen LogP contribution in [0.15, 0.2) is 12.8 Å². The Labute approximate surface area is 121 Å². The van der Waals surface area contributed by atoms with Crippen molar-refractivity contribution in [2.75, 3.05) is 0 Å². The molecule has 2 unspecified atom stereocenters. The molecular formula is C14H25N2Tl. The molecule has 0 saturated heterocycles. The Bertz CT molecular complexity index is 335. The predicted octanol–water partition coefficient (Wildman–Crippen LogP) is 2.72. The Morgan fingerprint density at radius 3 is 2.41 bits per heavy atom. The van der Waals surface area contributed by atoms with E-state index in [9.17, 15) is 0 Å². The van der Waals surface area contributed by atoms with Crippen LogP contribution in [0.2, 0.25) is 0 Å². The molecule has 1 aliphatic rings. The Morgan fingerprint density at radius 1 is 1.41 bits per heavy atom. The van der Waals surface area contributed by atoms with Gasteiger partial charge in [0.1, 0.15) is 0 Å². The van der Waals surface area contributed by atoms with Crippen LogP contribution in [0.4, 0.5) is 0 Å². The van der Waals surface area contributed by atoms with E-state index >= 15 is 0 Å². The van der Waals surface area contributed by atoms with Crippen molar-refractivity contribution < 1.29 is 0 Å². The molecular weight excluding hydrogens is 401 g/mol. The second kappa shape index (κ2) is 5.33. The van der Waals surface area contributed by atoms with E-state index in [2.05, 4.69) is 39.2 Å². The molecule has 1 saturated carbocycles. The first-order valence-electron chi connectivity index (χ1n) is 6.31. The van der Waals surface area contributed by atoms with E-state index in [-0.39, 0.29) is 5.41 Å². The molecule has 0 spiro atoms. The van der Waals surface area contributed by atoms with Crippen LogP contribution in [0.5, 0.6) is 0 Å². The molecule has 0 amide bonds. The number of hydrogen-bond acceptors (Lipinski definition) is 2. The van der Waals surface area contributed by atoms with Crippen molar-refractivity contribution in [1.29, 1.82) is 5.41 Å². The van der Waals surface area contributed by atoms with Gasteiger partial charge in [-0.1, -0.05) is 0 Å². The van der Waals surface area contributed by atoms with E-state index in [1.165, 1.54) is 9.60 Å². The zero-order valence-corrected chi connectivity index (χ0v) is 17.2. The molecule has 17 heavy (non-hydrogen) atoms. The van der Waals surface area contributed by atoms with Crippen molar-refractivity contribution in [2.24, 2.45) is 10.8 Å². The van der Waals surface area contributed by atoms with E-state index in [1.807, 2.05) is 6.20 Å². The molecule has 0 bridgehead atoms. The standard InChI is InChI=1S/C14H24N2.Tl.H/c1-6-16(7-2)12-8-13(3,4)10-14(5,9-12)11-15;;/h6,11-12,15H,1,8-10H2,2-5H3;;. The average Bonchev–Trinajstić information content (AvgIpc) is 2.15. The summed E-state index contributed by atoms with van der Waals surface area (Å²) in [6.07, 6.45) is 7.06. The molecule has 1 fully saturated rings. The van der Waals surface area contributed by atoms with Gasteiger partial charge in [-0.3, -0.25) is 0 Å². The van der Waals surface area contributed by atoms with Crippen LogP contribution in [0.3, 0.4) is 0 Å². The van der Waals surface area contributed by atoms with Gasteiger partial charge in [-0.2, -0.15) is 0 Å².